The predicted octanol–water partition coefficient (Wildman–Crippen LogP) is 1.37. The van der Waals surface area contributed by atoms with Gasteiger partial charge in [0, 0.05) is 6.61 Å². The van der Waals surface area contributed by atoms with Crippen LogP contribution in [-0.2, 0) is 11.5 Å². The number of benzene rings is 1. The SMILES string of the molecule is [O]c1ccc(CCO)cc1. The lowest BCUT2D eigenvalue weighted by molar-refractivity contribution is 0.299. The number of aliphatic hydroxyl groups excluding tert-OH is 1. The number of aliphatic hydroxyl groups is 1. The van der Waals surface area contributed by atoms with Gasteiger partial charge in [-0.2, -0.15) is 0 Å². The third-order valence-corrected chi connectivity index (χ3v) is 1.32. The minimum Gasteiger partial charge on any atom is -0.396 e. The number of hydrogen-bond acceptors (Lipinski definition) is 1. The topological polar surface area (TPSA) is 40.1 Å². The van der Waals surface area contributed by atoms with Gasteiger partial charge in [-0.25, -0.2) is 0 Å². The molecule has 1 rings (SSSR count). The normalized spacial score (nSPS) is 9.70. The van der Waals surface area contributed by atoms with Crippen molar-refractivity contribution in [3.05, 3.63) is 29.8 Å². The first-order valence-corrected chi connectivity index (χ1v) is 3.20. The van der Waals surface area contributed by atoms with Crippen LogP contribution in [0.1, 0.15) is 5.56 Å². The van der Waals surface area contributed by atoms with Crippen molar-refractivity contribution < 1.29 is 10.2 Å². The Morgan fingerprint density at radius 2 is 1.80 bits per heavy atom. The van der Waals surface area contributed by atoms with Crippen LogP contribution in [0.4, 0.5) is 0 Å². The molecule has 10 heavy (non-hydrogen) atoms. The fraction of sp³-hybridized carbons (Fsp3) is 0.250. The van der Waals surface area contributed by atoms with Crippen LogP contribution in [0.2, 0.25) is 0 Å². The molecular weight excluding hydrogens is 128 g/mol. The Morgan fingerprint density at radius 3 is 2.30 bits per heavy atom. The zero-order valence-electron chi connectivity index (χ0n) is 5.58. The molecular formula is C8H9O2. The minimum atomic E-state index is 0.0155. The number of rotatable bonds is 2. The molecule has 0 atom stereocenters. The van der Waals surface area contributed by atoms with E-state index in [0.717, 1.165) is 5.56 Å². The van der Waals surface area contributed by atoms with Crippen LogP contribution < -0.4 is 0 Å². The van der Waals surface area contributed by atoms with Gasteiger partial charge < -0.3 is 5.11 Å². The molecule has 1 N–H and O–H groups in total. The van der Waals surface area contributed by atoms with E-state index in [0.29, 0.717) is 6.42 Å². The second kappa shape index (κ2) is 3.22. The van der Waals surface area contributed by atoms with Gasteiger partial charge in [0.1, 0.15) is 0 Å². The average Bonchev–Trinajstić information content (AvgIpc) is 1.95. The Bertz CT molecular complexity index is 191. The first-order valence-electron chi connectivity index (χ1n) is 3.20. The van der Waals surface area contributed by atoms with Crippen molar-refractivity contribution in [2.75, 3.05) is 6.61 Å². The highest BCUT2D eigenvalue weighted by molar-refractivity contribution is 5.25. The van der Waals surface area contributed by atoms with Gasteiger partial charge >= 0.3 is 0 Å². The van der Waals surface area contributed by atoms with Crippen molar-refractivity contribution in [1.29, 1.82) is 0 Å². The molecule has 1 aromatic carbocycles. The van der Waals surface area contributed by atoms with Crippen LogP contribution in [0.25, 0.3) is 0 Å². The third kappa shape index (κ3) is 1.74. The molecule has 0 spiro atoms. The van der Waals surface area contributed by atoms with E-state index in [9.17, 15) is 5.11 Å². The van der Waals surface area contributed by atoms with Gasteiger partial charge in [-0.3, -0.25) is 5.11 Å². The summed E-state index contributed by atoms with van der Waals surface area (Å²) in [6.07, 6.45) is 0.625. The van der Waals surface area contributed by atoms with E-state index in [4.69, 9.17) is 5.11 Å². The molecule has 2 nitrogen and oxygen atoms in total. The molecule has 0 aliphatic rings. The molecule has 0 aliphatic carbocycles. The predicted molar refractivity (Wildman–Crippen MR) is 37.4 cm³/mol. The summed E-state index contributed by atoms with van der Waals surface area (Å²) in [6.45, 7) is 0.137. The molecule has 2 heteroatoms. The fourth-order valence-corrected chi connectivity index (χ4v) is 0.785. The summed E-state index contributed by atoms with van der Waals surface area (Å²) in [5.41, 5.74) is 1.00. The van der Waals surface area contributed by atoms with Gasteiger partial charge in [0.2, 0.25) is 0 Å². The molecule has 0 aliphatic heterocycles. The van der Waals surface area contributed by atoms with Crippen molar-refractivity contribution in [2.45, 2.75) is 6.42 Å². The van der Waals surface area contributed by atoms with Crippen LogP contribution in [0, 0.1) is 0 Å². The zero-order valence-corrected chi connectivity index (χ0v) is 5.58. The third-order valence-electron chi connectivity index (χ3n) is 1.32. The fourth-order valence-electron chi connectivity index (χ4n) is 0.785. The van der Waals surface area contributed by atoms with Crippen molar-refractivity contribution in [3.8, 4) is 5.75 Å². The van der Waals surface area contributed by atoms with E-state index < -0.39 is 0 Å². The maximum atomic E-state index is 10.6. The Balaban J connectivity index is 2.69. The van der Waals surface area contributed by atoms with E-state index in [1.165, 1.54) is 12.1 Å². The highest BCUT2D eigenvalue weighted by Gasteiger charge is 1.91. The van der Waals surface area contributed by atoms with E-state index >= 15 is 0 Å². The van der Waals surface area contributed by atoms with Crippen LogP contribution >= 0.6 is 0 Å². The average molecular weight is 137 g/mol. The quantitative estimate of drug-likeness (QED) is 0.657. The molecule has 0 fully saturated rings. The Morgan fingerprint density at radius 1 is 1.20 bits per heavy atom. The minimum absolute atomic E-state index is 0.0155. The van der Waals surface area contributed by atoms with E-state index in [1.54, 1.807) is 12.1 Å². The zero-order chi connectivity index (χ0) is 7.40. The summed E-state index contributed by atoms with van der Waals surface area (Å²) in [5.74, 6) is 0.0155. The van der Waals surface area contributed by atoms with Gasteiger partial charge in [-0.1, -0.05) is 12.1 Å². The first kappa shape index (κ1) is 7.09. The Kier molecular flexibility index (Phi) is 2.29. The van der Waals surface area contributed by atoms with Crippen LogP contribution in [0.3, 0.4) is 0 Å². The monoisotopic (exact) mass is 137 g/mol. The smallest absolute Gasteiger partial charge is 0.178 e. The van der Waals surface area contributed by atoms with E-state index in [2.05, 4.69) is 0 Å². The summed E-state index contributed by atoms with van der Waals surface area (Å²) in [5, 5.41) is 19.1. The van der Waals surface area contributed by atoms with Gasteiger partial charge in [0.15, 0.2) is 5.75 Å². The molecule has 1 radical (unpaired) electrons. The maximum absolute atomic E-state index is 10.6. The summed E-state index contributed by atoms with van der Waals surface area (Å²) < 4.78 is 0. The molecule has 0 aromatic heterocycles. The molecule has 0 unspecified atom stereocenters. The van der Waals surface area contributed by atoms with Crippen LogP contribution in [0.15, 0.2) is 24.3 Å². The standard InChI is InChI=1S/C8H9O2/c9-6-5-7-1-3-8(10)4-2-7/h1-4,9H,5-6H2. The molecule has 0 saturated carbocycles. The second-order valence-electron chi connectivity index (χ2n) is 2.12. The van der Waals surface area contributed by atoms with Crippen molar-refractivity contribution in [1.82, 2.24) is 0 Å². The Hall–Kier alpha value is -1.02. The van der Waals surface area contributed by atoms with Crippen LogP contribution in [0.5, 0.6) is 5.75 Å². The van der Waals surface area contributed by atoms with Crippen molar-refractivity contribution in [2.24, 2.45) is 0 Å². The summed E-state index contributed by atoms with van der Waals surface area (Å²) in [7, 11) is 0. The molecule has 53 valence electrons. The summed E-state index contributed by atoms with van der Waals surface area (Å²) >= 11 is 0. The van der Waals surface area contributed by atoms with Gasteiger partial charge in [0.25, 0.3) is 0 Å². The van der Waals surface area contributed by atoms with Crippen molar-refractivity contribution in [3.63, 3.8) is 0 Å². The van der Waals surface area contributed by atoms with Gasteiger partial charge in [-0.15, -0.1) is 0 Å². The lowest BCUT2D eigenvalue weighted by Crippen LogP contribution is -1.88. The first-order chi connectivity index (χ1) is 4.83. The lowest BCUT2D eigenvalue weighted by atomic mass is 10.2. The second-order valence-corrected chi connectivity index (χ2v) is 2.12. The molecule has 0 amide bonds. The maximum Gasteiger partial charge on any atom is 0.178 e. The highest BCUT2D eigenvalue weighted by Crippen LogP contribution is 2.10. The molecule has 0 bridgehead atoms. The van der Waals surface area contributed by atoms with Crippen LogP contribution in [-0.4, -0.2) is 11.7 Å². The molecule has 0 saturated heterocycles. The highest BCUT2D eigenvalue weighted by atomic mass is 16.3. The summed E-state index contributed by atoms with van der Waals surface area (Å²) in [6, 6.07) is 6.48. The van der Waals surface area contributed by atoms with Gasteiger partial charge in [-0.05, 0) is 24.1 Å². The molecule has 1 aromatic rings. The summed E-state index contributed by atoms with van der Waals surface area (Å²) in [4.78, 5) is 0. The Labute approximate surface area is 59.7 Å². The van der Waals surface area contributed by atoms with Gasteiger partial charge in [0.05, 0.1) is 0 Å². The van der Waals surface area contributed by atoms with Crippen molar-refractivity contribution >= 4 is 0 Å². The molecule has 0 heterocycles. The lowest BCUT2D eigenvalue weighted by Gasteiger charge is -1.94. The van der Waals surface area contributed by atoms with E-state index in [-0.39, 0.29) is 12.4 Å². The van der Waals surface area contributed by atoms with E-state index in [1.807, 2.05) is 0 Å². The largest absolute Gasteiger partial charge is 0.396 e. The number of hydrogen-bond donors (Lipinski definition) is 1.